The van der Waals surface area contributed by atoms with E-state index in [9.17, 15) is 4.79 Å². The van der Waals surface area contributed by atoms with E-state index < -0.39 is 0 Å². The molecule has 0 saturated heterocycles. The van der Waals surface area contributed by atoms with Crippen molar-refractivity contribution in [2.24, 2.45) is 0 Å². The fourth-order valence-electron chi connectivity index (χ4n) is 2.58. The first-order chi connectivity index (χ1) is 10.8. The van der Waals surface area contributed by atoms with E-state index in [1.807, 2.05) is 59.5 Å². The summed E-state index contributed by atoms with van der Waals surface area (Å²) < 4.78 is 5.68. The number of hydrogen-bond acceptors (Lipinski definition) is 3. The van der Waals surface area contributed by atoms with E-state index in [-0.39, 0.29) is 5.91 Å². The van der Waals surface area contributed by atoms with Crippen LogP contribution in [0, 0.1) is 0 Å². The van der Waals surface area contributed by atoms with Crippen molar-refractivity contribution in [3.8, 4) is 5.75 Å². The lowest BCUT2D eigenvalue weighted by atomic mass is 10.1. The lowest BCUT2D eigenvalue weighted by Gasteiger charge is -2.30. The Hall–Kier alpha value is -2.49. The SMILES string of the molecule is O=C1CNc2ccccc2N1CCCCOc1ccccc1. The third-order valence-electron chi connectivity index (χ3n) is 3.71. The molecule has 1 aliphatic heterocycles. The van der Waals surface area contributed by atoms with Crippen LogP contribution in [-0.4, -0.2) is 25.6 Å². The van der Waals surface area contributed by atoms with Crippen molar-refractivity contribution in [2.45, 2.75) is 12.8 Å². The first-order valence-corrected chi connectivity index (χ1v) is 7.66. The molecule has 114 valence electrons. The van der Waals surface area contributed by atoms with E-state index in [1.54, 1.807) is 0 Å². The van der Waals surface area contributed by atoms with E-state index in [0.717, 1.165) is 36.5 Å². The molecule has 2 aromatic rings. The van der Waals surface area contributed by atoms with Crippen molar-refractivity contribution in [3.05, 3.63) is 54.6 Å². The van der Waals surface area contributed by atoms with E-state index >= 15 is 0 Å². The summed E-state index contributed by atoms with van der Waals surface area (Å²) in [5, 5.41) is 3.15. The minimum absolute atomic E-state index is 0.127. The van der Waals surface area contributed by atoms with Crippen molar-refractivity contribution in [3.63, 3.8) is 0 Å². The molecule has 0 aliphatic carbocycles. The third kappa shape index (κ3) is 3.39. The number of carbonyl (C=O) groups excluding carboxylic acids is 1. The Labute approximate surface area is 130 Å². The van der Waals surface area contributed by atoms with E-state index in [0.29, 0.717) is 13.2 Å². The predicted octanol–water partition coefficient (Wildman–Crippen LogP) is 3.30. The van der Waals surface area contributed by atoms with Crippen LogP contribution in [0.15, 0.2) is 54.6 Å². The van der Waals surface area contributed by atoms with Crippen LogP contribution in [0.3, 0.4) is 0 Å². The van der Waals surface area contributed by atoms with Gasteiger partial charge in [0.2, 0.25) is 5.91 Å². The molecule has 1 heterocycles. The first kappa shape index (κ1) is 14.4. The second-order valence-corrected chi connectivity index (χ2v) is 5.28. The number of anilines is 2. The topological polar surface area (TPSA) is 41.6 Å². The van der Waals surface area contributed by atoms with Gasteiger partial charge in [-0.05, 0) is 37.1 Å². The average Bonchev–Trinajstić information content (AvgIpc) is 2.57. The lowest BCUT2D eigenvalue weighted by Crippen LogP contribution is -2.40. The molecule has 22 heavy (non-hydrogen) atoms. The number of fused-ring (bicyclic) bond motifs is 1. The highest BCUT2D eigenvalue weighted by Crippen LogP contribution is 2.29. The molecular weight excluding hydrogens is 276 g/mol. The Morgan fingerprint density at radius 2 is 1.77 bits per heavy atom. The Morgan fingerprint density at radius 1 is 1.00 bits per heavy atom. The number of amides is 1. The quantitative estimate of drug-likeness (QED) is 0.832. The third-order valence-corrected chi connectivity index (χ3v) is 3.71. The zero-order valence-electron chi connectivity index (χ0n) is 12.5. The highest BCUT2D eigenvalue weighted by molar-refractivity contribution is 6.02. The summed E-state index contributed by atoms with van der Waals surface area (Å²) in [6, 6.07) is 17.7. The molecule has 0 aromatic heterocycles. The van der Waals surface area contributed by atoms with Crippen LogP contribution in [0.25, 0.3) is 0 Å². The Bertz CT molecular complexity index is 628. The van der Waals surface area contributed by atoms with Crippen molar-refractivity contribution in [2.75, 3.05) is 29.9 Å². The molecule has 3 rings (SSSR count). The molecule has 0 bridgehead atoms. The van der Waals surface area contributed by atoms with Crippen LogP contribution in [0.4, 0.5) is 11.4 Å². The van der Waals surface area contributed by atoms with Gasteiger partial charge in [-0.2, -0.15) is 0 Å². The fraction of sp³-hybridized carbons (Fsp3) is 0.278. The number of para-hydroxylation sites is 3. The molecule has 0 saturated carbocycles. The molecule has 1 amide bonds. The molecule has 0 spiro atoms. The first-order valence-electron chi connectivity index (χ1n) is 7.66. The number of unbranched alkanes of at least 4 members (excludes halogenated alkanes) is 1. The van der Waals surface area contributed by atoms with Gasteiger partial charge in [-0.1, -0.05) is 30.3 Å². The normalized spacial score (nSPS) is 13.5. The molecule has 0 radical (unpaired) electrons. The van der Waals surface area contributed by atoms with Crippen LogP contribution in [0.5, 0.6) is 5.75 Å². The Kier molecular flexibility index (Phi) is 4.59. The highest BCUT2D eigenvalue weighted by Gasteiger charge is 2.22. The summed E-state index contributed by atoms with van der Waals surface area (Å²) in [4.78, 5) is 13.9. The van der Waals surface area contributed by atoms with Gasteiger partial charge in [0.15, 0.2) is 0 Å². The van der Waals surface area contributed by atoms with Gasteiger partial charge in [-0.25, -0.2) is 0 Å². The number of ether oxygens (including phenoxy) is 1. The monoisotopic (exact) mass is 296 g/mol. The van der Waals surface area contributed by atoms with Gasteiger partial charge in [0.05, 0.1) is 24.5 Å². The zero-order valence-corrected chi connectivity index (χ0v) is 12.5. The van der Waals surface area contributed by atoms with Crippen LogP contribution in [0.2, 0.25) is 0 Å². The number of nitrogens with one attached hydrogen (secondary N) is 1. The van der Waals surface area contributed by atoms with E-state index in [2.05, 4.69) is 5.32 Å². The van der Waals surface area contributed by atoms with Gasteiger partial charge in [0.1, 0.15) is 5.75 Å². The minimum Gasteiger partial charge on any atom is -0.494 e. The van der Waals surface area contributed by atoms with Gasteiger partial charge in [0.25, 0.3) is 0 Å². The van der Waals surface area contributed by atoms with Crippen molar-refractivity contribution in [1.82, 2.24) is 0 Å². The summed E-state index contributed by atoms with van der Waals surface area (Å²) in [6.07, 6.45) is 1.85. The average molecular weight is 296 g/mol. The smallest absolute Gasteiger partial charge is 0.246 e. The second kappa shape index (κ2) is 6.98. The Morgan fingerprint density at radius 3 is 2.64 bits per heavy atom. The molecule has 4 nitrogen and oxygen atoms in total. The molecule has 0 unspecified atom stereocenters. The number of carbonyl (C=O) groups is 1. The second-order valence-electron chi connectivity index (χ2n) is 5.28. The number of rotatable bonds is 6. The maximum atomic E-state index is 12.1. The molecular formula is C18H20N2O2. The molecule has 1 N–H and O–H groups in total. The van der Waals surface area contributed by atoms with E-state index in [4.69, 9.17) is 4.74 Å². The molecule has 0 atom stereocenters. The standard InChI is InChI=1S/C18H20N2O2/c21-18-14-19-16-10-4-5-11-17(16)20(18)12-6-7-13-22-15-8-2-1-3-9-15/h1-5,8-11,19H,6-7,12-14H2. The minimum atomic E-state index is 0.127. The van der Waals surface area contributed by atoms with Crippen LogP contribution < -0.4 is 15.0 Å². The summed E-state index contributed by atoms with van der Waals surface area (Å²) in [6.45, 7) is 1.78. The maximum Gasteiger partial charge on any atom is 0.246 e. The summed E-state index contributed by atoms with van der Waals surface area (Å²) >= 11 is 0. The zero-order chi connectivity index (χ0) is 15.2. The molecule has 1 aliphatic rings. The molecule has 2 aromatic carbocycles. The Balaban J connectivity index is 1.48. The molecule has 4 heteroatoms. The van der Waals surface area contributed by atoms with Gasteiger partial charge in [-0.3, -0.25) is 4.79 Å². The van der Waals surface area contributed by atoms with Gasteiger partial charge in [-0.15, -0.1) is 0 Å². The van der Waals surface area contributed by atoms with Crippen LogP contribution in [-0.2, 0) is 4.79 Å². The lowest BCUT2D eigenvalue weighted by molar-refractivity contribution is -0.117. The summed E-state index contributed by atoms with van der Waals surface area (Å²) in [7, 11) is 0. The predicted molar refractivity (Wildman–Crippen MR) is 88.5 cm³/mol. The molecule has 0 fully saturated rings. The number of benzene rings is 2. The van der Waals surface area contributed by atoms with Crippen molar-refractivity contribution < 1.29 is 9.53 Å². The largest absolute Gasteiger partial charge is 0.494 e. The van der Waals surface area contributed by atoms with Crippen LogP contribution in [0.1, 0.15) is 12.8 Å². The van der Waals surface area contributed by atoms with Gasteiger partial charge >= 0.3 is 0 Å². The van der Waals surface area contributed by atoms with Crippen molar-refractivity contribution >= 4 is 17.3 Å². The highest BCUT2D eigenvalue weighted by atomic mass is 16.5. The van der Waals surface area contributed by atoms with E-state index in [1.165, 1.54) is 0 Å². The summed E-state index contributed by atoms with van der Waals surface area (Å²) in [5.41, 5.74) is 2.00. The summed E-state index contributed by atoms with van der Waals surface area (Å²) in [5.74, 6) is 1.02. The maximum absolute atomic E-state index is 12.1. The number of nitrogens with zero attached hydrogens (tertiary/aromatic N) is 1. The van der Waals surface area contributed by atoms with Gasteiger partial charge in [0, 0.05) is 6.54 Å². The fourth-order valence-corrected chi connectivity index (χ4v) is 2.58. The van der Waals surface area contributed by atoms with Crippen molar-refractivity contribution in [1.29, 1.82) is 0 Å². The number of hydrogen-bond donors (Lipinski definition) is 1. The van der Waals surface area contributed by atoms with Crippen LogP contribution >= 0.6 is 0 Å². The van der Waals surface area contributed by atoms with Gasteiger partial charge < -0.3 is 15.0 Å².